The molecule has 63 heavy (non-hydrogen) atoms. The Morgan fingerprint density at radius 1 is 0.968 bits per heavy atom. The van der Waals surface area contributed by atoms with Crippen LogP contribution in [0.3, 0.4) is 0 Å². The molecular weight excluding hydrogens is 801 g/mol. The van der Waals surface area contributed by atoms with Crippen molar-refractivity contribution in [2.24, 2.45) is 46.3 Å². The summed E-state index contributed by atoms with van der Waals surface area (Å²) < 4.78 is 18.8. The number of H-pyrrole nitrogens is 1. The van der Waals surface area contributed by atoms with Gasteiger partial charge in [0.05, 0.1) is 18.1 Å². The van der Waals surface area contributed by atoms with Gasteiger partial charge in [-0.25, -0.2) is 4.79 Å². The molecule has 0 spiro atoms. The smallest absolute Gasteiger partial charge is 0.330 e. The zero-order valence-electron chi connectivity index (χ0n) is 38.4. The van der Waals surface area contributed by atoms with Gasteiger partial charge in [-0.05, 0) is 110 Å². The Morgan fingerprint density at radius 3 is 2.46 bits per heavy atom. The van der Waals surface area contributed by atoms with E-state index in [4.69, 9.17) is 14.2 Å². The number of ether oxygens (including phenoxy) is 3. The molecule has 6 rings (SSSR count). The maximum absolute atomic E-state index is 13.0. The SMILES string of the molecule is C.CC[C@H]1O[C@@H](n2cc(/C=C/C(=O)NCCCC(=O)O[C@H]3CC[C@@]4(C)C(=CCC5C4CC[C@@]4(C)C5CC[C@@H]4[C@H](C)CCCC(C)C)C3)c(=O)[nH]c2=O)CC1OC(=O)CCC(=O)NC. The van der Waals surface area contributed by atoms with Crippen LogP contribution >= 0.6 is 0 Å². The molecule has 4 aliphatic carbocycles. The van der Waals surface area contributed by atoms with E-state index in [0.29, 0.717) is 24.2 Å². The second-order valence-electron chi connectivity index (χ2n) is 20.1. The lowest BCUT2D eigenvalue weighted by atomic mass is 9.47. The van der Waals surface area contributed by atoms with Gasteiger partial charge in [-0.1, -0.05) is 79.9 Å². The summed E-state index contributed by atoms with van der Waals surface area (Å²) in [6, 6.07) is 0. The molecule has 1 aromatic rings. The van der Waals surface area contributed by atoms with Crippen molar-refractivity contribution in [2.45, 2.75) is 183 Å². The predicted molar refractivity (Wildman–Crippen MR) is 244 cm³/mol. The molecule has 3 saturated carbocycles. The fourth-order valence-corrected chi connectivity index (χ4v) is 12.4. The molecule has 11 atom stereocenters. The summed E-state index contributed by atoms with van der Waals surface area (Å²) in [5.41, 5.74) is 0.833. The van der Waals surface area contributed by atoms with Crippen molar-refractivity contribution < 1.29 is 33.4 Å². The lowest BCUT2D eigenvalue weighted by Crippen LogP contribution is -2.51. The van der Waals surface area contributed by atoms with Gasteiger partial charge in [0.25, 0.3) is 5.56 Å². The predicted octanol–water partition coefficient (Wildman–Crippen LogP) is 8.17. The molecule has 13 heteroatoms. The number of carbonyl (C=O) groups is 4. The quantitative estimate of drug-likeness (QED) is 0.0569. The van der Waals surface area contributed by atoms with Gasteiger partial charge in [-0.2, -0.15) is 0 Å². The molecule has 2 amide bonds. The van der Waals surface area contributed by atoms with Crippen molar-refractivity contribution in [1.29, 1.82) is 0 Å². The zero-order valence-corrected chi connectivity index (χ0v) is 38.4. The van der Waals surface area contributed by atoms with Crippen LogP contribution in [0, 0.1) is 46.3 Å². The molecule has 4 fully saturated rings. The number of allylic oxidation sites excluding steroid dienone is 1. The first kappa shape index (κ1) is 50.0. The summed E-state index contributed by atoms with van der Waals surface area (Å²) in [6.45, 7) is 14.5. The number of aromatic nitrogens is 2. The summed E-state index contributed by atoms with van der Waals surface area (Å²) >= 11 is 0. The highest BCUT2D eigenvalue weighted by Crippen LogP contribution is 2.67. The van der Waals surface area contributed by atoms with Crippen molar-refractivity contribution in [3.05, 3.63) is 50.3 Å². The van der Waals surface area contributed by atoms with E-state index in [0.717, 1.165) is 55.3 Å². The highest BCUT2D eigenvalue weighted by Gasteiger charge is 2.59. The molecule has 0 radical (unpaired) electrons. The van der Waals surface area contributed by atoms with Crippen LogP contribution in [0.5, 0.6) is 0 Å². The molecule has 3 N–H and O–H groups in total. The standard InChI is InChI=1S/C49H74N4O9.CH4/c1-8-39-40(62-45(57)21-20-41(54)50-7)28-43(61-39)53-29-32(46(58)52-47(53)59)14-19-42(55)51-26-10-13-44(56)60-34-22-24-48(5)33(27-34)15-16-35-37-18-17-36(31(4)12-9-11-30(2)3)49(37,6)25-23-38(35)48;/h14-15,19,29-31,34-40,43H,8-13,16-18,20-28H2,1-7H3,(H,50,54)(H,51,55)(H,52,58,59);1H4/b19-14+;/t31-,34+,35?,36-,37?,38?,39-,40?,43-,48+,49-;/m1./s1. The van der Waals surface area contributed by atoms with Gasteiger partial charge in [0.1, 0.15) is 18.4 Å². The Labute approximate surface area is 375 Å². The molecule has 4 unspecified atom stereocenters. The second kappa shape index (κ2) is 21.8. The fraction of sp³-hybridized carbons (Fsp3) is 0.760. The monoisotopic (exact) mass is 879 g/mol. The fourth-order valence-electron chi connectivity index (χ4n) is 12.4. The van der Waals surface area contributed by atoms with E-state index in [1.165, 1.54) is 80.5 Å². The molecule has 1 aromatic heterocycles. The van der Waals surface area contributed by atoms with Crippen LogP contribution in [0.1, 0.15) is 170 Å². The van der Waals surface area contributed by atoms with Gasteiger partial charge in [0.15, 0.2) is 0 Å². The third-order valence-electron chi connectivity index (χ3n) is 15.8. The summed E-state index contributed by atoms with van der Waals surface area (Å²) in [5, 5.41) is 5.22. The summed E-state index contributed by atoms with van der Waals surface area (Å²) in [6.07, 6.45) is 18.9. The van der Waals surface area contributed by atoms with E-state index in [-0.39, 0.29) is 68.6 Å². The number of nitrogens with one attached hydrogen (secondary N) is 3. The lowest BCUT2D eigenvalue weighted by molar-refractivity contribution is -0.153. The van der Waals surface area contributed by atoms with E-state index >= 15 is 0 Å². The minimum Gasteiger partial charge on any atom is -0.462 e. The summed E-state index contributed by atoms with van der Waals surface area (Å²) in [5.74, 6) is 3.20. The maximum atomic E-state index is 13.0. The summed E-state index contributed by atoms with van der Waals surface area (Å²) in [4.78, 5) is 77.2. The topological polar surface area (TPSA) is 175 Å². The summed E-state index contributed by atoms with van der Waals surface area (Å²) in [7, 11) is 1.49. The highest BCUT2D eigenvalue weighted by atomic mass is 16.6. The average molecular weight is 879 g/mol. The van der Waals surface area contributed by atoms with Crippen LogP contribution < -0.4 is 21.9 Å². The molecule has 5 aliphatic rings. The zero-order chi connectivity index (χ0) is 44.8. The van der Waals surface area contributed by atoms with Crippen LogP contribution in [-0.2, 0) is 33.4 Å². The van der Waals surface area contributed by atoms with Crippen LogP contribution in [0.4, 0.5) is 0 Å². The first-order valence-corrected chi connectivity index (χ1v) is 23.8. The minimum absolute atomic E-state index is 0. The third-order valence-corrected chi connectivity index (χ3v) is 15.8. The number of hydrogen-bond donors (Lipinski definition) is 3. The van der Waals surface area contributed by atoms with Gasteiger partial charge in [0, 0.05) is 51.5 Å². The molecule has 1 saturated heterocycles. The van der Waals surface area contributed by atoms with Crippen molar-refractivity contribution in [3.63, 3.8) is 0 Å². The number of amides is 2. The normalized spacial score (nSPS) is 31.5. The van der Waals surface area contributed by atoms with Crippen molar-refractivity contribution in [3.8, 4) is 0 Å². The molecule has 0 aromatic carbocycles. The van der Waals surface area contributed by atoms with Crippen molar-refractivity contribution >= 4 is 29.8 Å². The van der Waals surface area contributed by atoms with Gasteiger partial charge < -0.3 is 24.8 Å². The van der Waals surface area contributed by atoms with E-state index < -0.39 is 41.6 Å². The maximum Gasteiger partial charge on any atom is 0.330 e. The van der Waals surface area contributed by atoms with Crippen LogP contribution in [-0.4, -0.2) is 65.2 Å². The highest BCUT2D eigenvalue weighted by molar-refractivity contribution is 5.91. The Morgan fingerprint density at radius 2 is 1.73 bits per heavy atom. The largest absolute Gasteiger partial charge is 0.462 e. The molecule has 13 nitrogen and oxygen atoms in total. The van der Waals surface area contributed by atoms with Gasteiger partial charge >= 0.3 is 17.6 Å². The Kier molecular flexibility index (Phi) is 17.3. The molecule has 0 bridgehead atoms. The van der Waals surface area contributed by atoms with Gasteiger partial charge in [-0.15, -0.1) is 0 Å². The number of nitrogens with zero attached hydrogens (tertiary/aromatic N) is 1. The Bertz CT molecular complexity index is 1950. The molecule has 2 heterocycles. The van der Waals surface area contributed by atoms with Crippen molar-refractivity contribution in [2.75, 3.05) is 13.6 Å². The van der Waals surface area contributed by atoms with Crippen LogP contribution in [0.2, 0.25) is 0 Å². The van der Waals surface area contributed by atoms with Crippen LogP contribution in [0.25, 0.3) is 6.08 Å². The van der Waals surface area contributed by atoms with Gasteiger partial charge in [0.2, 0.25) is 11.8 Å². The third kappa shape index (κ3) is 11.6. The molecule has 1 aliphatic heterocycles. The Balaban J connectivity index is 0.00000748. The van der Waals surface area contributed by atoms with E-state index in [2.05, 4.69) is 56.3 Å². The van der Waals surface area contributed by atoms with E-state index in [9.17, 15) is 28.8 Å². The molecular formula is C50H78N4O9. The van der Waals surface area contributed by atoms with Gasteiger partial charge in [-0.3, -0.25) is 33.5 Å². The van der Waals surface area contributed by atoms with Crippen LogP contribution in [0.15, 0.2) is 33.5 Å². The lowest BCUT2D eigenvalue weighted by Gasteiger charge is -2.58. The number of carbonyl (C=O) groups excluding carboxylic acids is 4. The first-order chi connectivity index (χ1) is 29.6. The number of esters is 2. The average Bonchev–Trinajstić information content (AvgIpc) is 3.81. The molecule has 352 valence electrons. The van der Waals surface area contributed by atoms with E-state index in [1.54, 1.807) is 0 Å². The van der Waals surface area contributed by atoms with Crippen molar-refractivity contribution in [1.82, 2.24) is 20.2 Å². The minimum atomic E-state index is -0.821. The number of aromatic amines is 1. The first-order valence-electron chi connectivity index (χ1n) is 23.8. The number of hydrogen-bond acceptors (Lipinski definition) is 9. The Hall–Kier alpha value is -4.00. The number of fused-ring (bicyclic) bond motifs is 5. The van der Waals surface area contributed by atoms with E-state index in [1.807, 2.05) is 6.92 Å². The second-order valence-corrected chi connectivity index (χ2v) is 20.1. The number of rotatable bonds is 18.